The van der Waals surface area contributed by atoms with Crippen LogP contribution >= 0.6 is 0 Å². The van der Waals surface area contributed by atoms with Crippen molar-refractivity contribution >= 4 is 33.2 Å². The molecule has 1 aliphatic heterocycles. The van der Waals surface area contributed by atoms with Crippen molar-refractivity contribution in [1.29, 1.82) is 0 Å². The molecule has 1 N–H and O–H groups in total. The summed E-state index contributed by atoms with van der Waals surface area (Å²) in [6.07, 6.45) is 2.97. The molecule has 1 fully saturated rings. The van der Waals surface area contributed by atoms with Gasteiger partial charge in [-0.25, -0.2) is 17.2 Å². The van der Waals surface area contributed by atoms with Crippen LogP contribution in [0.4, 0.5) is 20.2 Å². The number of hydrogen-bond donors (Lipinski definition) is 1. The summed E-state index contributed by atoms with van der Waals surface area (Å²) in [5.74, 6) is -2.76. The van der Waals surface area contributed by atoms with Gasteiger partial charge in [0.15, 0.2) is 11.6 Å². The maximum Gasteiger partial charge on any atom is 0.255 e. The predicted molar refractivity (Wildman–Crippen MR) is 118 cm³/mol. The third-order valence-corrected chi connectivity index (χ3v) is 6.38. The van der Waals surface area contributed by atoms with Crippen LogP contribution in [0.1, 0.15) is 36.0 Å². The highest BCUT2D eigenvalue weighted by atomic mass is 32.2. The first-order chi connectivity index (χ1) is 15.2. The second-order valence-electron chi connectivity index (χ2n) is 7.63. The number of halogens is 2. The van der Waals surface area contributed by atoms with Crippen LogP contribution in [0, 0.1) is 11.6 Å². The standard InChI is InChI=1S/C22H25F2N3O4S/c1-32(30,31)27(16-10-11-18(23)19(24)15-16)14-6-9-21(28)25-20-8-3-2-7-17(20)22(29)26-12-4-5-13-26/h2-3,7-8,10-11,15H,4-6,9,12-14H2,1H3,(H,25,28). The van der Waals surface area contributed by atoms with Gasteiger partial charge in [0.1, 0.15) is 0 Å². The Hall–Kier alpha value is -3.01. The van der Waals surface area contributed by atoms with E-state index in [2.05, 4.69) is 5.32 Å². The number of likely N-dealkylation sites (tertiary alicyclic amines) is 1. The van der Waals surface area contributed by atoms with Crippen LogP contribution in [0.5, 0.6) is 0 Å². The van der Waals surface area contributed by atoms with Gasteiger partial charge in [0.2, 0.25) is 15.9 Å². The van der Waals surface area contributed by atoms with Crippen LogP contribution in [-0.4, -0.2) is 51.0 Å². The molecule has 0 atom stereocenters. The molecule has 32 heavy (non-hydrogen) atoms. The molecule has 2 aromatic carbocycles. The van der Waals surface area contributed by atoms with E-state index in [0.717, 1.165) is 35.5 Å². The van der Waals surface area contributed by atoms with E-state index >= 15 is 0 Å². The predicted octanol–water partition coefficient (Wildman–Crippen LogP) is 3.39. The number of benzene rings is 2. The first-order valence-electron chi connectivity index (χ1n) is 10.3. The number of carbonyl (C=O) groups excluding carboxylic acids is 2. The summed E-state index contributed by atoms with van der Waals surface area (Å²) in [5, 5.41) is 2.72. The van der Waals surface area contributed by atoms with E-state index in [0.29, 0.717) is 24.3 Å². The van der Waals surface area contributed by atoms with Gasteiger partial charge in [-0.2, -0.15) is 0 Å². The van der Waals surface area contributed by atoms with E-state index in [1.165, 1.54) is 6.07 Å². The molecule has 0 saturated carbocycles. The number of hydrogen-bond acceptors (Lipinski definition) is 4. The van der Waals surface area contributed by atoms with E-state index in [-0.39, 0.29) is 36.9 Å². The molecule has 1 heterocycles. The fourth-order valence-corrected chi connectivity index (χ4v) is 4.55. The van der Waals surface area contributed by atoms with Crippen molar-refractivity contribution in [2.24, 2.45) is 0 Å². The third-order valence-electron chi connectivity index (χ3n) is 5.18. The molecule has 2 amide bonds. The number of anilines is 2. The first-order valence-corrected chi connectivity index (χ1v) is 12.1. The highest BCUT2D eigenvalue weighted by Crippen LogP contribution is 2.22. The van der Waals surface area contributed by atoms with Gasteiger partial charge in [-0.05, 0) is 43.5 Å². The van der Waals surface area contributed by atoms with Crippen LogP contribution in [-0.2, 0) is 14.8 Å². The van der Waals surface area contributed by atoms with Crippen LogP contribution in [0.25, 0.3) is 0 Å². The summed E-state index contributed by atoms with van der Waals surface area (Å²) in [7, 11) is -3.77. The van der Waals surface area contributed by atoms with Gasteiger partial charge in [-0.15, -0.1) is 0 Å². The average Bonchev–Trinajstić information content (AvgIpc) is 3.27. The van der Waals surface area contributed by atoms with Gasteiger partial charge >= 0.3 is 0 Å². The number of para-hydroxylation sites is 1. The van der Waals surface area contributed by atoms with E-state index < -0.39 is 21.7 Å². The Morgan fingerprint density at radius 2 is 1.75 bits per heavy atom. The van der Waals surface area contributed by atoms with Gasteiger partial charge in [0.05, 0.1) is 23.2 Å². The zero-order valence-corrected chi connectivity index (χ0v) is 18.5. The van der Waals surface area contributed by atoms with Crippen molar-refractivity contribution in [3.8, 4) is 0 Å². The SMILES string of the molecule is CS(=O)(=O)N(CCCC(=O)Nc1ccccc1C(=O)N1CCCC1)c1ccc(F)c(F)c1. The third kappa shape index (κ3) is 5.82. The Morgan fingerprint density at radius 1 is 1.06 bits per heavy atom. The monoisotopic (exact) mass is 465 g/mol. The van der Waals surface area contributed by atoms with Crippen molar-refractivity contribution in [3.05, 3.63) is 59.7 Å². The number of rotatable bonds is 8. The maximum absolute atomic E-state index is 13.5. The highest BCUT2D eigenvalue weighted by molar-refractivity contribution is 7.92. The molecule has 0 spiro atoms. The van der Waals surface area contributed by atoms with Crippen LogP contribution in [0.2, 0.25) is 0 Å². The maximum atomic E-state index is 13.5. The van der Waals surface area contributed by atoms with Crippen molar-refractivity contribution in [2.45, 2.75) is 25.7 Å². The highest BCUT2D eigenvalue weighted by Gasteiger charge is 2.23. The van der Waals surface area contributed by atoms with Crippen molar-refractivity contribution in [3.63, 3.8) is 0 Å². The Balaban J connectivity index is 1.63. The second kappa shape index (κ2) is 10.1. The van der Waals surface area contributed by atoms with E-state index in [4.69, 9.17) is 0 Å². The molecule has 2 aromatic rings. The van der Waals surface area contributed by atoms with Crippen molar-refractivity contribution in [1.82, 2.24) is 4.90 Å². The molecular formula is C22H25F2N3O4S. The summed E-state index contributed by atoms with van der Waals surface area (Å²) in [6, 6.07) is 9.56. The van der Waals surface area contributed by atoms with Crippen molar-refractivity contribution in [2.75, 3.05) is 35.5 Å². The summed E-state index contributed by atoms with van der Waals surface area (Å²) >= 11 is 0. The fraction of sp³-hybridized carbons (Fsp3) is 0.364. The number of nitrogens with one attached hydrogen (secondary N) is 1. The minimum Gasteiger partial charge on any atom is -0.339 e. The number of carbonyl (C=O) groups is 2. The molecule has 1 aliphatic rings. The summed E-state index contributed by atoms with van der Waals surface area (Å²) in [5.41, 5.74) is 0.783. The Kier molecular flexibility index (Phi) is 7.44. The van der Waals surface area contributed by atoms with Crippen molar-refractivity contribution < 1.29 is 26.8 Å². The molecule has 0 aliphatic carbocycles. The minimum absolute atomic E-state index is 0.0200. The molecule has 3 rings (SSSR count). The van der Waals surface area contributed by atoms with E-state index in [1.807, 2.05) is 0 Å². The normalized spacial score (nSPS) is 13.8. The molecule has 1 saturated heterocycles. The van der Waals surface area contributed by atoms with E-state index in [9.17, 15) is 26.8 Å². The average molecular weight is 466 g/mol. The second-order valence-corrected chi connectivity index (χ2v) is 9.54. The molecule has 0 aromatic heterocycles. The lowest BCUT2D eigenvalue weighted by atomic mass is 10.1. The fourth-order valence-electron chi connectivity index (χ4n) is 3.59. The lowest BCUT2D eigenvalue weighted by Gasteiger charge is -2.22. The first kappa shape index (κ1) is 23.6. The zero-order valence-electron chi connectivity index (χ0n) is 17.7. The molecular weight excluding hydrogens is 440 g/mol. The van der Waals surface area contributed by atoms with Crippen LogP contribution in [0.15, 0.2) is 42.5 Å². The number of sulfonamides is 1. The summed E-state index contributed by atoms with van der Waals surface area (Å²) in [4.78, 5) is 26.9. The molecule has 10 heteroatoms. The van der Waals surface area contributed by atoms with Gasteiger partial charge in [-0.3, -0.25) is 13.9 Å². The number of amides is 2. The topological polar surface area (TPSA) is 86.8 Å². The zero-order chi connectivity index (χ0) is 23.3. The van der Waals surface area contributed by atoms with Gasteiger partial charge in [0, 0.05) is 32.1 Å². The Labute approximate surface area is 186 Å². The lowest BCUT2D eigenvalue weighted by Crippen LogP contribution is -2.31. The molecule has 0 radical (unpaired) electrons. The minimum atomic E-state index is -3.77. The van der Waals surface area contributed by atoms with Gasteiger partial charge in [0.25, 0.3) is 5.91 Å². The molecule has 0 unspecified atom stereocenters. The smallest absolute Gasteiger partial charge is 0.255 e. The number of nitrogens with zero attached hydrogens (tertiary/aromatic N) is 2. The molecule has 0 bridgehead atoms. The quantitative estimate of drug-likeness (QED) is 0.648. The molecule has 172 valence electrons. The summed E-state index contributed by atoms with van der Waals surface area (Å²) in [6.45, 7) is 1.28. The Bertz CT molecular complexity index is 1100. The van der Waals surface area contributed by atoms with Gasteiger partial charge < -0.3 is 10.2 Å². The largest absolute Gasteiger partial charge is 0.339 e. The Morgan fingerprint density at radius 3 is 2.41 bits per heavy atom. The van der Waals surface area contributed by atoms with Gasteiger partial charge in [-0.1, -0.05) is 12.1 Å². The van der Waals surface area contributed by atoms with E-state index in [1.54, 1.807) is 29.2 Å². The summed E-state index contributed by atoms with van der Waals surface area (Å²) < 4.78 is 51.9. The molecule has 7 nitrogen and oxygen atoms in total. The van der Waals surface area contributed by atoms with Crippen LogP contribution in [0.3, 0.4) is 0 Å². The van der Waals surface area contributed by atoms with Crippen LogP contribution < -0.4 is 9.62 Å². The lowest BCUT2D eigenvalue weighted by molar-refractivity contribution is -0.116.